The van der Waals surface area contributed by atoms with Crippen LogP contribution in [0.1, 0.15) is 38.5 Å². The zero-order chi connectivity index (χ0) is 23.7. The quantitative estimate of drug-likeness (QED) is 0.274. The van der Waals surface area contributed by atoms with Crippen LogP contribution in [0.25, 0.3) is 0 Å². The van der Waals surface area contributed by atoms with Crippen molar-refractivity contribution in [2.75, 3.05) is 26.4 Å². The summed E-state index contributed by atoms with van der Waals surface area (Å²) in [6, 6.07) is 0. The van der Waals surface area contributed by atoms with Crippen molar-refractivity contribution in [1.29, 1.82) is 0 Å². The van der Waals surface area contributed by atoms with Crippen LogP contribution in [0.4, 0.5) is 13.2 Å². The molecule has 2 aliphatic carbocycles. The molecule has 0 aromatic rings. The summed E-state index contributed by atoms with van der Waals surface area (Å²) in [7, 11) is -5.58. The predicted octanol–water partition coefficient (Wildman–Crippen LogP) is 4.38. The molecular weight excluding hydrogens is 560 g/mol. The molecule has 32 heavy (non-hydrogen) atoms. The van der Waals surface area contributed by atoms with Gasteiger partial charge in [-0.25, -0.2) is 0 Å². The summed E-state index contributed by atoms with van der Waals surface area (Å²) in [5.74, 6) is -1.27. The Bertz CT molecular complexity index is 834. The molecular formula is C20H31F3O7SSn. The Morgan fingerprint density at radius 1 is 0.875 bits per heavy atom. The van der Waals surface area contributed by atoms with Gasteiger partial charge in [-0.05, 0) is 6.08 Å². The Morgan fingerprint density at radius 2 is 1.34 bits per heavy atom. The molecule has 0 aromatic carbocycles. The second-order valence-corrected chi connectivity index (χ2v) is 25.5. The fourth-order valence-electron chi connectivity index (χ4n) is 4.06. The van der Waals surface area contributed by atoms with Crippen LogP contribution < -0.4 is 0 Å². The molecule has 2 saturated heterocycles. The van der Waals surface area contributed by atoms with Gasteiger partial charge in [-0.3, -0.25) is 0 Å². The van der Waals surface area contributed by atoms with Crippen LogP contribution in [0.2, 0.25) is 14.8 Å². The Kier molecular flexibility index (Phi) is 7.98. The van der Waals surface area contributed by atoms with E-state index < -0.39 is 39.8 Å². The number of hydrogen-bond donors (Lipinski definition) is 0. The number of halogens is 3. The van der Waals surface area contributed by atoms with E-state index in [0.29, 0.717) is 13.2 Å². The van der Waals surface area contributed by atoms with Gasteiger partial charge in [0.2, 0.25) is 0 Å². The first-order valence-corrected chi connectivity index (χ1v) is 22.1. The molecule has 2 aliphatic heterocycles. The van der Waals surface area contributed by atoms with Crippen LogP contribution in [-0.2, 0) is 33.2 Å². The van der Waals surface area contributed by atoms with Gasteiger partial charge in [-0.2, -0.15) is 21.6 Å². The molecule has 184 valence electrons. The molecule has 2 heterocycles. The summed E-state index contributed by atoms with van der Waals surface area (Å²) in [6.45, 7) is 2.40. The minimum absolute atomic E-state index is 0.0231. The van der Waals surface area contributed by atoms with Gasteiger partial charge in [-0.1, -0.05) is 0 Å². The molecule has 0 radical (unpaired) electrons. The van der Waals surface area contributed by atoms with Gasteiger partial charge in [0.25, 0.3) is 0 Å². The molecule has 0 unspecified atom stereocenters. The van der Waals surface area contributed by atoms with Gasteiger partial charge in [-0.15, -0.1) is 0 Å². The van der Waals surface area contributed by atoms with Crippen LogP contribution in [0.15, 0.2) is 21.5 Å². The summed E-state index contributed by atoms with van der Waals surface area (Å²) in [6.07, 6.45) is 7.41. The van der Waals surface area contributed by atoms with Crippen LogP contribution >= 0.6 is 0 Å². The van der Waals surface area contributed by atoms with E-state index in [1.54, 1.807) is 3.59 Å². The van der Waals surface area contributed by atoms with Crippen LogP contribution in [0.5, 0.6) is 0 Å². The number of alkyl halides is 3. The third-order valence-corrected chi connectivity index (χ3v) is 13.7. The molecule has 0 amide bonds. The second kappa shape index (κ2) is 9.73. The molecule has 2 fully saturated rings. The Labute approximate surface area is 191 Å². The number of allylic oxidation sites excluding steroid dienone is 2. The average molecular weight is 591 g/mol. The summed E-state index contributed by atoms with van der Waals surface area (Å²) in [5.41, 5.74) is -5.41. The summed E-state index contributed by atoms with van der Waals surface area (Å²) in [5, 5.41) is 0. The van der Waals surface area contributed by atoms with E-state index in [0.717, 1.165) is 26.1 Å². The topological polar surface area (TPSA) is 80.3 Å². The third kappa shape index (κ3) is 6.41. The number of rotatable bonds is 3. The summed E-state index contributed by atoms with van der Waals surface area (Å²) < 4.78 is 85.7. The van der Waals surface area contributed by atoms with E-state index in [2.05, 4.69) is 25.1 Å². The fourth-order valence-corrected chi connectivity index (χ4v) is 9.12. The van der Waals surface area contributed by atoms with Gasteiger partial charge >= 0.3 is 106 Å². The van der Waals surface area contributed by atoms with E-state index in [9.17, 15) is 21.6 Å². The van der Waals surface area contributed by atoms with Gasteiger partial charge in [0, 0.05) is 19.3 Å². The van der Waals surface area contributed by atoms with E-state index in [4.69, 9.17) is 18.9 Å². The summed E-state index contributed by atoms with van der Waals surface area (Å²) >= 11 is -1.78. The van der Waals surface area contributed by atoms with E-state index >= 15 is 0 Å². The van der Waals surface area contributed by atoms with Crippen molar-refractivity contribution in [3.8, 4) is 0 Å². The molecule has 0 aromatic heterocycles. The van der Waals surface area contributed by atoms with Gasteiger partial charge < -0.3 is 13.7 Å². The molecule has 2 spiro atoms. The van der Waals surface area contributed by atoms with Gasteiger partial charge in [0.15, 0.2) is 5.79 Å². The van der Waals surface area contributed by atoms with Crippen LogP contribution in [0, 0.1) is 0 Å². The maximum atomic E-state index is 12.1. The molecule has 4 rings (SSSR count). The Hall–Kier alpha value is -0.341. The van der Waals surface area contributed by atoms with Crippen LogP contribution in [-0.4, -0.2) is 70.3 Å². The Balaban J connectivity index is 0.000000186. The van der Waals surface area contributed by atoms with Crippen molar-refractivity contribution in [2.24, 2.45) is 0 Å². The van der Waals surface area contributed by atoms with Crippen molar-refractivity contribution in [1.82, 2.24) is 0 Å². The minimum atomic E-state index is -5.58. The average Bonchev–Trinajstić information content (AvgIpc) is 3.33. The molecule has 0 saturated carbocycles. The van der Waals surface area contributed by atoms with E-state index in [-0.39, 0.29) is 30.8 Å². The van der Waals surface area contributed by atoms with Crippen LogP contribution in [0.3, 0.4) is 0 Å². The second-order valence-electron chi connectivity index (χ2n) is 9.26. The molecule has 0 N–H and O–H groups in total. The molecule has 0 bridgehead atoms. The van der Waals surface area contributed by atoms with Crippen molar-refractivity contribution in [2.45, 2.75) is 70.4 Å². The first-order chi connectivity index (χ1) is 14.8. The predicted molar refractivity (Wildman–Crippen MR) is 113 cm³/mol. The Morgan fingerprint density at radius 3 is 1.69 bits per heavy atom. The first-order valence-electron chi connectivity index (χ1n) is 10.7. The molecule has 0 atom stereocenters. The van der Waals surface area contributed by atoms with E-state index in [1.807, 2.05) is 0 Å². The molecule has 12 heteroatoms. The molecule has 4 aliphatic rings. The van der Waals surface area contributed by atoms with Crippen molar-refractivity contribution >= 4 is 28.5 Å². The zero-order valence-corrected chi connectivity index (χ0v) is 22.3. The standard InChI is InChI=1S/C9H11F3O5S.C8H11O2.3CH3.Sn/c10-9(11,12)18(13,14)17-7-1-3-8(4-2-7)15-5-6-16-8;1-2-4-8(5-3-1)9-6-7-10-8;;;;/h1H,2-6H2;2H,3-7H2;3*1H3;. The normalized spacial score (nSPS) is 25.2. The van der Waals surface area contributed by atoms with Gasteiger partial charge in [0.1, 0.15) is 5.76 Å². The fraction of sp³-hybridized carbons (Fsp3) is 0.800. The van der Waals surface area contributed by atoms with E-state index in [1.165, 1.54) is 12.5 Å². The maximum absolute atomic E-state index is 12.1. The van der Waals surface area contributed by atoms with Crippen molar-refractivity contribution < 1.29 is 44.7 Å². The number of ether oxygens (including phenoxy) is 4. The van der Waals surface area contributed by atoms with Crippen molar-refractivity contribution in [3.63, 3.8) is 0 Å². The zero-order valence-electron chi connectivity index (χ0n) is 18.6. The molecule has 7 nitrogen and oxygen atoms in total. The SMILES string of the molecule is O=S(=O)(OC1=CCC2(CC1)OCCO2)C(F)(F)F.[CH3][Sn]([CH3])([CH3])[C]1=CCC2(CC1)OCCO2. The first kappa shape index (κ1) is 26.3. The van der Waals surface area contributed by atoms with Gasteiger partial charge in [0.05, 0.1) is 13.2 Å². The third-order valence-electron chi connectivity index (χ3n) is 5.92. The number of hydrogen-bond acceptors (Lipinski definition) is 7. The van der Waals surface area contributed by atoms with Crippen molar-refractivity contribution in [3.05, 3.63) is 21.5 Å². The monoisotopic (exact) mass is 592 g/mol. The summed E-state index contributed by atoms with van der Waals surface area (Å²) in [4.78, 5) is 7.44.